The van der Waals surface area contributed by atoms with Crippen LogP contribution >= 0.6 is 11.3 Å². The molecule has 1 aliphatic rings. The zero-order valence-corrected chi connectivity index (χ0v) is 24.8. The van der Waals surface area contributed by atoms with Crippen molar-refractivity contribution in [3.05, 3.63) is 120 Å². The van der Waals surface area contributed by atoms with Crippen LogP contribution in [-0.4, -0.2) is 53.6 Å². The van der Waals surface area contributed by atoms with Crippen LogP contribution in [0.4, 0.5) is 15.8 Å². The van der Waals surface area contributed by atoms with Gasteiger partial charge in [-0.2, -0.15) is 0 Å². The van der Waals surface area contributed by atoms with Gasteiger partial charge in [-0.1, -0.05) is 24.3 Å². The fraction of sp³-hybridized carbons (Fsp3) is 0.129. The molecule has 2 amide bonds. The quantitative estimate of drug-likeness (QED) is 0.216. The molecular formula is C31H27FN6O4S2. The van der Waals surface area contributed by atoms with Gasteiger partial charge in [0.25, 0.3) is 15.9 Å². The number of anilines is 2. The van der Waals surface area contributed by atoms with E-state index in [2.05, 4.69) is 20.6 Å². The lowest BCUT2D eigenvalue weighted by Crippen LogP contribution is -2.45. The molecule has 44 heavy (non-hydrogen) atoms. The van der Waals surface area contributed by atoms with Gasteiger partial charge in [-0.05, 0) is 53.4 Å². The van der Waals surface area contributed by atoms with Crippen LogP contribution < -0.4 is 15.5 Å². The maximum Gasteiger partial charge on any atom is 0.273 e. The zero-order chi connectivity index (χ0) is 30.7. The highest BCUT2D eigenvalue weighted by atomic mass is 32.2. The number of aromatic amines is 1. The lowest BCUT2D eigenvalue weighted by molar-refractivity contribution is -0.118. The summed E-state index contributed by atoms with van der Waals surface area (Å²) in [5.74, 6) is -1.99. The van der Waals surface area contributed by atoms with Crippen molar-refractivity contribution in [2.45, 2.75) is 16.7 Å². The van der Waals surface area contributed by atoms with E-state index in [9.17, 15) is 18.0 Å². The van der Waals surface area contributed by atoms with Gasteiger partial charge in [0.15, 0.2) is 0 Å². The Bertz CT molecular complexity index is 1940. The van der Waals surface area contributed by atoms with Gasteiger partial charge < -0.3 is 20.5 Å². The first kappa shape index (κ1) is 29.1. The van der Waals surface area contributed by atoms with E-state index in [-0.39, 0.29) is 29.3 Å². The number of carbonyl (C=O) groups is 2. The molecule has 3 N–H and O–H groups in total. The molecular weight excluding hydrogens is 604 g/mol. The summed E-state index contributed by atoms with van der Waals surface area (Å²) >= 11 is 1.14. The second-order valence-corrected chi connectivity index (χ2v) is 13.1. The Morgan fingerprint density at radius 2 is 1.84 bits per heavy atom. The summed E-state index contributed by atoms with van der Waals surface area (Å²) in [4.78, 5) is 35.5. The second kappa shape index (κ2) is 12.3. The fourth-order valence-electron chi connectivity index (χ4n) is 4.95. The van der Waals surface area contributed by atoms with E-state index in [4.69, 9.17) is 0 Å². The van der Waals surface area contributed by atoms with Crippen LogP contribution in [0.5, 0.6) is 0 Å². The Kier molecular flexibility index (Phi) is 8.13. The van der Waals surface area contributed by atoms with Gasteiger partial charge in [0.1, 0.15) is 16.1 Å². The normalized spacial score (nSPS) is 14.0. The second-order valence-electron chi connectivity index (χ2n) is 10.0. The van der Waals surface area contributed by atoms with Gasteiger partial charge >= 0.3 is 0 Å². The minimum Gasteiger partial charge on any atom is -0.361 e. The number of aromatic nitrogens is 2. The third-order valence-corrected chi connectivity index (χ3v) is 10.4. The number of benzene rings is 2. The number of nitrogens with zero attached hydrogens (tertiary/aromatic N) is 3. The maximum atomic E-state index is 15.4. The Morgan fingerprint density at radius 3 is 2.57 bits per heavy atom. The predicted octanol–water partition coefficient (Wildman–Crippen LogP) is 4.73. The van der Waals surface area contributed by atoms with E-state index in [1.165, 1.54) is 35.0 Å². The first-order valence-electron chi connectivity index (χ1n) is 13.7. The number of halogens is 1. The van der Waals surface area contributed by atoms with Crippen molar-refractivity contribution in [3.8, 4) is 0 Å². The summed E-state index contributed by atoms with van der Waals surface area (Å²) in [7, 11) is -3.65. The molecule has 1 atom stereocenters. The largest absolute Gasteiger partial charge is 0.361 e. The summed E-state index contributed by atoms with van der Waals surface area (Å²) in [5.41, 5.74) is 2.45. The first-order valence-corrected chi connectivity index (χ1v) is 16.0. The molecule has 0 unspecified atom stereocenters. The minimum atomic E-state index is -3.65. The molecule has 0 bridgehead atoms. The highest BCUT2D eigenvalue weighted by Gasteiger charge is 2.27. The SMILES string of the molecule is O=C(N[C@H](Cc1c[nH]c2ccccc12)C(=O)Nc1ccncc1)c1ccc(N2C=CN(S(=O)(=O)c3cccs3)CC2)cc1F. The summed E-state index contributed by atoms with van der Waals surface area (Å²) in [6.45, 7) is 0.455. The molecule has 6 rings (SSSR count). The Morgan fingerprint density at radius 1 is 1.02 bits per heavy atom. The molecule has 4 heterocycles. The average Bonchev–Trinajstić information content (AvgIpc) is 3.73. The van der Waals surface area contributed by atoms with Crippen LogP contribution in [0, 0.1) is 5.82 Å². The fourth-order valence-corrected chi connectivity index (χ4v) is 7.36. The van der Waals surface area contributed by atoms with Gasteiger partial charge in [0.2, 0.25) is 5.91 Å². The Balaban J connectivity index is 1.19. The molecule has 1 aliphatic heterocycles. The number of thiophene rings is 1. The number of para-hydroxylation sites is 1. The third kappa shape index (κ3) is 6.05. The molecule has 224 valence electrons. The van der Waals surface area contributed by atoms with Crippen molar-refractivity contribution in [3.63, 3.8) is 0 Å². The number of sulfonamides is 1. The van der Waals surface area contributed by atoms with Crippen molar-refractivity contribution >= 4 is 55.5 Å². The number of hydrogen-bond donors (Lipinski definition) is 3. The van der Waals surface area contributed by atoms with Crippen LogP contribution in [0.25, 0.3) is 10.9 Å². The Labute approximate surface area is 256 Å². The van der Waals surface area contributed by atoms with Crippen molar-refractivity contribution in [1.29, 1.82) is 0 Å². The van der Waals surface area contributed by atoms with E-state index < -0.39 is 33.7 Å². The van der Waals surface area contributed by atoms with E-state index >= 15 is 4.39 Å². The van der Waals surface area contributed by atoms with Gasteiger partial charge in [0.05, 0.1) is 12.1 Å². The summed E-state index contributed by atoms with van der Waals surface area (Å²) in [6.07, 6.45) is 8.03. The van der Waals surface area contributed by atoms with Gasteiger partial charge in [-0.15, -0.1) is 11.3 Å². The number of H-pyrrole nitrogens is 1. The van der Waals surface area contributed by atoms with Gasteiger partial charge in [0, 0.05) is 66.2 Å². The molecule has 0 radical (unpaired) electrons. The molecule has 3 aromatic heterocycles. The summed E-state index contributed by atoms with van der Waals surface area (Å²) in [5, 5.41) is 8.11. The van der Waals surface area contributed by atoms with Crippen molar-refractivity contribution in [2.24, 2.45) is 0 Å². The predicted molar refractivity (Wildman–Crippen MR) is 167 cm³/mol. The van der Waals surface area contributed by atoms with Gasteiger partial charge in [-0.25, -0.2) is 12.8 Å². The topological polar surface area (TPSA) is 127 Å². The van der Waals surface area contributed by atoms with Crippen LogP contribution in [0.1, 0.15) is 15.9 Å². The molecule has 13 heteroatoms. The standard InChI is InChI=1S/C31H27FN6O4S2/c32-26-19-23(37-13-15-38(16-14-37)44(41,42)29-6-3-17-43-29)7-8-25(26)30(39)36-28(31(40)35-22-9-11-33-12-10-22)18-21-20-34-27-5-2-1-4-24(21)27/h1-13,15,17,19-20,28,34H,14,16,18H2,(H,36,39)(H,33,35,40)/t28-/m1/s1. The highest BCUT2D eigenvalue weighted by Crippen LogP contribution is 2.26. The van der Waals surface area contributed by atoms with E-state index in [0.717, 1.165) is 27.8 Å². The van der Waals surface area contributed by atoms with Crippen molar-refractivity contribution < 1.29 is 22.4 Å². The smallest absolute Gasteiger partial charge is 0.273 e. The van der Waals surface area contributed by atoms with Crippen LogP contribution in [-0.2, 0) is 21.2 Å². The summed E-state index contributed by atoms with van der Waals surface area (Å²) < 4.78 is 42.4. The van der Waals surface area contributed by atoms with Crippen LogP contribution in [0.15, 0.2) is 107 Å². The number of fused-ring (bicyclic) bond motifs is 1. The molecule has 5 aromatic rings. The molecule has 0 saturated carbocycles. The number of rotatable bonds is 9. The maximum absolute atomic E-state index is 15.4. The van der Waals surface area contributed by atoms with Crippen LogP contribution in [0.3, 0.4) is 0 Å². The number of nitrogens with one attached hydrogen (secondary N) is 3. The minimum absolute atomic E-state index is 0.163. The number of carbonyl (C=O) groups excluding carboxylic acids is 2. The molecule has 10 nitrogen and oxygen atoms in total. The molecule has 2 aromatic carbocycles. The third-order valence-electron chi connectivity index (χ3n) is 7.23. The van der Waals surface area contributed by atoms with Crippen molar-refractivity contribution in [2.75, 3.05) is 23.3 Å². The number of amides is 2. The lowest BCUT2D eigenvalue weighted by atomic mass is 10.0. The zero-order valence-electron chi connectivity index (χ0n) is 23.2. The summed E-state index contributed by atoms with van der Waals surface area (Å²) in [6, 6.07) is 17.2. The molecule has 0 spiro atoms. The lowest BCUT2D eigenvalue weighted by Gasteiger charge is -2.30. The number of hydrogen-bond acceptors (Lipinski definition) is 7. The Hall–Kier alpha value is -5.01. The highest BCUT2D eigenvalue weighted by molar-refractivity contribution is 7.91. The van der Waals surface area contributed by atoms with E-state index in [1.54, 1.807) is 53.0 Å². The molecule has 0 aliphatic carbocycles. The molecule has 0 saturated heterocycles. The van der Waals surface area contributed by atoms with Crippen LogP contribution in [0.2, 0.25) is 0 Å². The van der Waals surface area contributed by atoms with Gasteiger partial charge in [-0.3, -0.25) is 18.9 Å². The number of pyridine rings is 1. The molecule has 0 fully saturated rings. The van der Waals surface area contributed by atoms with E-state index in [1.807, 2.05) is 24.3 Å². The average molecular weight is 631 g/mol. The van der Waals surface area contributed by atoms with E-state index in [0.29, 0.717) is 11.4 Å². The first-order chi connectivity index (χ1) is 21.3. The van der Waals surface area contributed by atoms with Crippen molar-refractivity contribution in [1.82, 2.24) is 19.6 Å². The monoisotopic (exact) mass is 630 g/mol.